The van der Waals surface area contributed by atoms with Crippen molar-refractivity contribution in [1.82, 2.24) is 14.8 Å². The Labute approximate surface area is 126 Å². The highest BCUT2D eigenvalue weighted by Crippen LogP contribution is 2.37. The number of hydrogen-bond donors (Lipinski definition) is 0. The number of piperidine rings is 1. The van der Waals surface area contributed by atoms with E-state index in [1.165, 1.54) is 6.07 Å². The molecule has 120 valence electrons. The largest absolute Gasteiger partial charge is 0.433 e. The Morgan fingerprint density at radius 3 is 2.68 bits per heavy atom. The molecule has 0 saturated carbocycles. The first-order chi connectivity index (χ1) is 10.3. The SMILES string of the molecule is CN1CC[C@@]12CCCN(C(=O)c1ccnc(C(F)(F)F)c1)C2. The number of alkyl halides is 3. The highest BCUT2D eigenvalue weighted by molar-refractivity contribution is 5.94. The third-order valence-electron chi connectivity index (χ3n) is 4.86. The first-order valence-electron chi connectivity index (χ1n) is 7.36. The number of pyridine rings is 1. The van der Waals surface area contributed by atoms with E-state index in [9.17, 15) is 18.0 Å². The zero-order valence-electron chi connectivity index (χ0n) is 12.4. The maximum absolute atomic E-state index is 12.7. The lowest BCUT2D eigenvalue weighted by molar-refractivity contribution is -0.141. The van der Waals surface area contributed by atoms with Crippen LogP contribution < -0.4 is 0 Å². The Hall–Kier alpha value is -1.63. The number of nitrogens with zero attached hydrogens (tertiary/aromatic N) is 3. The van der Waals surface area contributed by atoms with E-state index in [4.69, 9.17) is 0 Å². The summed E-state index contributed by atoms with van der Waals surface area (Å²) in [4.78, 5) is 19.7. The fourth-order valence-electron chi connectivity index (χ4n) is 3.35. The average Bonchev–Trinajstić information content (AvgIpc) is 2.52. The molecule has 0 aliphatic carbocycles. The second-order valence-corrected chi connectivity index (χ2v) is 6.15. The van der Waals surface area contributed by atoms with E-state index in [0.29, 0.717) is 13.1 Å². The van der Waals surface area contributed by atoms with Crippen LogP contribution in [0.5, 0.6) is 0 Å². The van der Waals surface area contributed by atoms with Gasteiger partial charge in [-0.15, -0.1) is 0 Å². The molecule has 1 spiro atoms. The minimum Gasteiger partial charge on any atom is -0.337 e. The molecule has 3 heterocycles. The molecular formula is C15H18F3N3O. The summed E-state index contributed by atoms with van der Waals surface area (Å²) < 4.78 is 38.2. The molecule has 2 aliphatic heterocycles. The van der Waals surface area contributed by atoms with Gasteiger partial charge in [0.05, 0.1) is 0 Å². The van der Waals surface area contributed by atoms with E-state index in [1.807, 2.05) is 7.05 Å². The van der Waals surface area contributed by atoms with Crippen LogP contribution >= 0.6 is 0 Å². The summed E-state index contributed by atoms with van der Waals surface area (Å²) in [7, 11) is 2.03. The van der Waals surface area contributed by atoms with Crippen LogP contribution in [-0.2, 0) is 6.18 Å². The number of hydrogen-bond acceptors (Lipinski definition) is 3. The van der Waals surface area contributed by atoms with E-state index in [1.54, 1.807) is 4.90 Å². The molecule has 1 aromatic rings. The molecular weight excluding hydrogens is 295 g/mol. The van der Waals surface area contributed by atoms with Crippen LogP contribution in [0, 0.1) is 0 Å². The number of aromatic nitrogens is 1. The molecule has 2 aliphatic rings. The molecule has 1 atom stereocenters. The van der Waals surface area contributed by atoms with Crippen molar-refractivity contribution >= 4 is 5.91 Å². The smallest absolute Gasteiger partial charge is 0.337 e. The van der Waals surface area contributed by atoms with Gasteiger partial charge in [-0.05, 0) is 38.4 Å². The monoisotopic (exact) mass is 313 g/mol. The third-order valence-corrected chi connectivity index (χ3v) is 4.86. The van der Waals surface area contributed by atoms with Gasteiger partial charge in [0.1, 0.15) is 5.69 Å². The van der Waals surface area contributed by atoms with Gasteiger partial charge in [-0.25, -0.2) is 0 Å². The Bertz CT molecular complexity index is 590. The number of carbonyl (C=O) groups excluding carboxylic acids is 1. The Kier molecular flexibility index (Phi) is 3.63. The quantitative estimate of drug-likeness (QED) is 0.799. The molecule has 22 heavy (non-hydrogen) atoms. The van der Waals surface area contributed by atoms with E-state index >= 15 is 0 Å². The molecule has 7 heteroatoms. The molecule has 3 rings (SSSR count). The summed E-state index contributed by atoms with van der Waals surface area (Å²) in [5, 5.41) is 0. The Morgan fingerprint density at radius 1 is 1.32 bits per heavy atom. The minimum absolute atomic E-state index is 0.0216. The molecule has 0 radical (unpaired) electrons. The van der Waals surface area contributed by atoms with Crippen LogP contribution in [0.3, 0.4) is 0 Å². The lowest BCUT2D eigenvalue weighted by Crippen LogP contribution is -2.66. The number of rotatable bonds is 1. The van der Waals surface area contributed by atoms with Crippen LogP contribution in [0.15, 0.2) is 18.3 Å². The molecule has 0 unspecified atom stereocenters. The van der Waals surface area contributed by atoms with Gasteiger partial charge in [-0.2, -0.15) is 13.2 Å². The van der Waals surface area contributed by atoms with Crippen molar-refractivity contribution in [3.63, 3.8) is 0 Å². The summed E-state index contributed by atoms with van der Waals surface area (Å²) in [6, 6.07) is 2.19. The number of likely N-dealkylation sites (tertiary alicyclic amines) is 2. The first-order valence-corrected chi connectivity index (χ1v) is 7.36. The van der Waals surface area contributed by atoms with Crippen molar-refractivity contribution in [1.29, 1.82) is 0 Å². The van der Waals surface area contributed by atoms with Crippen molar-refractivity contribution in [2.24, 2.45) is 0 Å². The number of amides is 1. The second kappa shape index (κ2) is 5.22. The summed E-state index contributed by atoms with van der Waals surface area (Å²) >= 11 is 0. The molecule has 0 aromatic carbocycles. The number of carbonyl (C=O) groups is 1. The van der Waals surface area contributed by atoms with Gasteiger partial charge < -0.3 is 4.90 Å². The van der Waals surface area contributed by atoms with Crippen LogP contribution in [0.1, 0.15) is 35.3 Å². The number of likely N-dealkylation sites (N-methyl/N-ethyl adjacent to an activating group) is 1. The van der Waals surface area contributed by atoms with Crippen LogP contribution in [0.4, 0.5) is 13.2 Å². The fourth-order valence-corrected chi connectivity index (χ4v) is 3.35. The van der Waals surface area contributed by atoms with E-state index < -0.39 is 11.9 Å². The van der Waals surface area contributed by atoms with Crippen LogP contribution in [0.25, 0.3) is 0 Å². The van der Waals surface area contributed by atoms with E-state index in [-0.39, 0.29) is 17.0 Å². The molecule has 0 N–H and O–H groups in total. The highest BCUT2D eigenvalue weighted by Gasteiger charge is 2.46. The van der Waals surface area contributed by atoms with Crippen LogP contribution in [-0.4, -0.2) is 52.9 Å². The highest BCUT2D eigenvalue weighted by atomic mass is 19.4. The lowest BCUT2D eigenvalue weighted by atomic mass is 9.78. The maximum Gasteiger partial charge on any atom is 0.433 e. The predicted octanol–water partition coefficient (Wildman–Crippen LogP) is 2.41. The zero-order chi connectivity index (χ0) is 16.0. The van der Waals surface area contributed by atoms with Gasteiger partial charge in [0, 0.05) is 36.9 Å². The van der Waals surface area contributed by atoms with Crippen molar-refractivity contribution in [3.8, 4) is 0 Å². The zero-order valence-corrected chi connectivity index (χ0v) is 12.4. The molecule has 2 fully saturated rings. The summed E-state index contributed by atoms with van der Waals surface area (Å²) in [5.41, 5.74) is -0.944. The van der Waals surface area contributed by atoms with Crippen molar-refractivity contribution in [2.45, 2.75) is 31.0 Å². The van der Waals surface area contributed by atoms with Gasteiger partial charge in [-0.3, -0.25) is 14.7 Å². The molecule has 1 aromatic heterocycles. The average molecular weight is 313 g/mol. The fraction of sp³-hybridized carbons (Fsp3) is 0.600. The van der Waals surface area contributed by atoms with Gasteiger partial charge >= 0.3 is 6.18 Å². The lowest BCUT2D eigenvalue weighted by Gasteiger charge is -2.55. The summed E-state index contributed by atoms with van der Waals surface area (Å²) in [5.74, 6) is -0.340. The molecule has 0 bridgehead atoms. The standard InChI is InChI=1S/C15H18F3N3O/c1-20-8-5-14(20)4-2-7-21(10-14)13(22)11-3-6-19-12(9-11)15(16,17)18/h3,6,9H,2,4-5,7-8,10H2,1H3/t14-/m1/s1. The third kappa shape index (κ3) is 2.58. The van der Waals surface area contributed by atoms with Crippen LogP contribution in [0.2, 0.25) is 0 Å². The predicted molar refractivity (Wildman–Crippen MR) is 74.4 cm³/mol. The molecule has 1 amide bonds. The topological polar surface area (TPSA) is 36.4 Å². The summed E-state index contributed by atoms with van der Waals surface area (Å²) in [6.45, 7) is 2.19. The van der Waals surface area contributed by atoms with Gasteiger partial charge in [0.25, 0.3) is 5.91 Å². The van der Waals surface area contributed by atoms with Crippen molar-refractivity contribution in [3.05, 3.63) is 29.6 Å². The number of halogens is 3. The maximum atomic E-state index is 12.7. The van der Waals surface area contributed by atoms with Gasteiger partial charge in [-0.1, -0.05) is 0 Å². The van der Waals surface area contributed by atoms with E-state index in [0.717, 1.165) is 38.1 Å². The minimum atomic E-state index is -4.53. The van der Waals surface area contributed by atoms with Gasteiger partial charge in [0.15, 0.2) is 0 Å². The first kappa shape index (κ1) is 15.3. The second-order valence-electron chi connectivity index (χ2n) is 6.15. The Balaban J connectivity index is 1.79. The van der Waals surface area contributed by atoms with Crippen molar-refractivity contribution < 1.29 is 18.0 Å². The van der Waals surface area contributed by atoms with E-state index in [2.05, 4.69) is 9.88 Å². The molecule has 2 saturated heterocycles. The van der Waals surface area contributed by atoms with Gasteiger partial charge in [0.2, 0.25) is 0 Å². The van der Waals surface area contributed by atoms with Crippen molar-refractivity contribution in [2.75, 3.05) is 26.7 Å². The normalized spacial score (nSPS) is 26.1. The summed E-state index contributed by atoms with van der Waals surface area (Å²) in [6.07, 6.45) is -0.527. The Morgan fingerprint density at radius 2 is 2.09 bits per heavy atom. The molecule has 4 nitrogen and oxygen atoms in total.